The predicted octanol–water partition coefficient (Wildman–Crippen LogP) is 5.07. The number of hydrogen-bond donors (Lipinski definition) is 0. The van der Waals surface area contributed by atoms with E-state index in [9.17, 15) is 13.6 Å². The van der Waals surface area contributed by atoms with Crippen LogP contribution in [0.2, 0.25) is 0 Å². The van der Waals surface area contributed by atoms with Gasteiger partial charge in [0.2, 0.25) is 0 Å². The van der Waals surface area contributed by atoms with Crippen molar-refractivity contribution in [3.63, 3.8) is 0 Å². The highest BCUT2D eigenvalue weighted by Crippen LogP contribution is 2.34. The van der Waals surface area contributed by atoms with Gasteiger partial charge in [-0.2, -0.15) is 0 Å². The largest absolute Gasteiger partial charge is 0.330 e. The molecule has 0 spiro atoms. The van der Waals surface area contributed by atoms with E-state index in [2.05, 4.69) is 4.98 Å². The van der Waals surface area contributed by atoms with Crippen molar-refractivity contribution >= 4 is 17.2 Å². The molecule has 1 unspecified atom stereocenters. The summed E-state index contributed by atoms with van der Waals surface area (Å²) in [6, 6.07) is 12.6. The molecule has 1 fully saturated rings. The standard InChI is InChI=1S/C20H16F2N2OS/c21-14-9-7-13(8-10-14)18-6-3-11-24(18)20(25)17-12-26-19(23-17)15-4-1-2-5-16(15)22/h1-2,4-5,7-10,12,18H,3,6,11H2. The maximum atomic E-state index is 13.9. The Kier molecular flexibility index (Phi) is 4.51. The zero-order valence-corrected chi connectivity index (χ0v) is 14.7. The number of nitrogens with zero attached hydrogens (tertiary/aromatic N) is 2. The molecule has 2 aromatic carbocycles. The normalized spacial score (nSPS) is 16.8. The second-order valence-electron chi connectivity index (χ2n) is 6.23. The molecule has 6 heteroatoms. The van der Waals surface area contributed by atoms with Gasteiger partial charge in [0, 0.05) is 17.5 Å². The van der Waals surface area contributed by atoms with Crippen molar-refractivity contribution in [1.82, 2.24) is 9.88 Å². The van der Waals surface area contributed by atoms with Crippen LogP contribution in [0, 0.1) is 11.6 Å². The van der Waals surface area contributed by atoms with Gasteiger partial charge < -0.3 is 4.90 Å². The number of likely N-dealkylation sites (tertiary alicyclic amines) is 1. The molecule has 0 radical (unpaired) electrons. The summed E-state index contributed by atoms with van der Waals surface area (Å²) in [6.45, 7) is 0.632. The van der Waals surface area contributed by atoms with Crippen molar-refractivity contribution in [2.24, 2.45) is 0 Å². The lowest BCUT2D eigenvalue weighted by molar-refractivity contribution is 0.0730. The van der Waals surface area contributed by atoms with Crippen LogP contribution in [0.25, 0.3) is 10.6 Å². The number of carbonyl (C=O) groups excluding carboxylic acids is 1. The van der Waals surface area contributed by atoms with Gasteiger partial charge in [0.15, 0.2) is 0 Å². The highest BCUT2D eigenvalue weighted by Gasteiger charge is 2.31. The monoisotopic (exact) mass is 370 g/mol. The van der Waals surface area contributed by atoms with Gasteiger partial charge in [0.05, 0.1) is 6.04 Å². The van der Waals surface area contributed by atoms with Crippen molar-refractivity contribution < 1.29 is 13.6 Å². The number of aromatic nitrogens is 1. The van der Waals surface area contributed by atoms with Crippen LogP contribution in [-0.2, 0) is 0 Å². The van der Waals surface area contributed by atoms with E-state index in [0.29, 0.717) is 22.8 Å². The molecule has 1 saturated heterocycles. The minimum Gasteiger partial charge on any atom is -0.330 e. The zero-order valence-electron chi connectivity index (χ0n) is 13.9. The number of amides is 1. The van der Waals surface area contributed by atoms with Gasteiger partial charge in [-0.1, -0.05) is 24.3 Å². The van der Waals surface area contributed by atoms with Crippen molar-refractivity contribution in [3.8, 4) is 10.6 Å². The fourth-order valence-corrected chi connectivity index (χ4v) is 4.14. The summed E-state index contributed by atoms with van der Waals surface area (Å²) < 4.78 is 27.1. The molecule has 3 aromatic rings. The van der Waals surface area contributed by atoms with E-state index in [-0.39, 0.29) is 23.6 Å². The molecular formula is C20H16F2N2OS. The molecule has 2 heterocycles. The SMILES string of the molecule is O=C(c1csc(-c2ccccc2F)n1)N1CCCC1c1ccc(F)cc1. The van der Waals surface area contributed by atoms with E-state index in [1.54, 1.807) is 40.6 Å². The van der Waals surface area contributed by atoms with Gasteiger partial charge in [-0.05, 0) is 42.7 Å². The summed E-state index contributed by atoms with van der Waals surface area (Å²) >= 11 is 1.25. The first-order valence-electron chi connectivity index (χ1n) is 8.40. The molecule has 0 saturated carbocycles. The molecule has 1 aromatic heterocycles. The Balaban J connectivity index is 1.59. The smallest absolute Gasteiger partial charge is 0.273 e. The van der Waals surface area contributed by atoms with Crippen LogP contribution in [0.1, 0.15) is 34.9 Å². The lowest BCUT2D eigenvalue weighted by atomic mass is 10.0. The molecule has 1 aliphatic rings. The topological polar surface area (TPSA) is 33.2 Å². The Morgan fingerprint density at radius 2 is 1.88 bits per heavy atom. The second kappa shape index (κ2) is 6.96. The summed E-state index contributed by atoms with van der Waals surface area (Å²) in [7, 11) is 0. The van der Waals surface area contributed by atoms with Crippen LogP contribution in [-0.4, -0.2) is 22.3 Å². The highest BCUT2D eigenvalue weighted by atomic mass is 32.1. The van der Waals surface area contributed by atoms with E-state index in [4.69, 9.17) is 0 Å². The average Bonchev–Trinajstić information content (AvgIpc) is 3.32. The summed E-state index contributed by atoms with van der Waals surface area (Å²) in [4.78, 5) is 19.1. The Bertz CT molecular complexity index is 939. The zero-order chi connectivity index (χ0) is 18.1. The van der Waals surface area contributed by atoms with Gasteiger partial charge in [0.1, 0.15) is 22.3 Å². The molecule has 0 aliphatic carbocycles. The fraction of sp³-hybridized carbons (Fsp3) is 0.200. The Hall–Kier alpha value is -2.60. The first-order chi connectivity index (χ1) is 12.6. The third-order valence-corrected chi connectivity index (χ3v) is 5.47. The van der Waals surface area contributed by atoms with Gasteiger partial charge >= 0.3 is 0 Å². The first-order valence-corrected chi connectivity index (χ1v) is 9.28. The minimum atomic E-state index is -0.355. The van der Waals surface area contributed by atoms with E-state index >= 15 is 0 Å². The molecule has 132 valence electrons. The molecular weight excluding hydrogens is 354 g/mol. The number of hydrogen-bond acceptors (Lipinski definition) is 3. The lowest BCUT2D eigenvalue weighted by Crippen LogP contribution is -2.30. The molecule has 1 amide bonds. The number of halogens is 2. The lowest BCUT2D eigenvalue weighted by Gasteiger charge is -2.24. The van der Waals surface area contributed by atoms with Crippen LogP contribution < -0.4 is 0 Å². The Labute approximate surface area is 153 Å². The molecule has 3 nitrogen and oxygen atoms in total. The summed E-state index contributed by atoms with van der Waals surface area (Å²) in [6.07, 6.45) is 1.72. The molecule has 1 aliphatic heterocycles. The van der Waals surface area contributed by atoms with E-state index in [1.165, 1.54) is 29.5 Å². The van der Waals surface area contributed by atoms with Crippen molar-refractivity contribution in [1.29, 1.82) is 0 Å². The van der Waals surface area contributed by atoms with Crippen molar-refractivity contribution in [2.75, 3.05) is 6.54 Å². The van der Waals surface area contributed by atoms with Crippen LogP contribution in [0.5, 0.6) is 0 Å². The second-order valence-corrected chi connectivity index (χ2v) is 7.08. The van der Waals surface area contributed by atoms with Crippen LogP contribution >= 0.6 is 11.3 Å². The maximum Gasteiger partial charge on any atom is 0.273 e. The van der Waals surface area contributed by atoms with Crippen LogP contribution in [0.15, 0.2) is 53.9 Å². The average molecular weight is 370 g/mol. The molecule has 1 atom stereocenters. The van der Waals surface area contributed by atoms with Crippen LogP contribution in [0.4, 0.5) is 8.78 Å². The van der Waals surface area contributed by atoms with Gasteiger partial charge in [-0.25, -0.2) is 13.8 Å². The van der Waals surface area contributed by atoms with Crippen LogP contribution in [0.3, 0.4) is 0 Å². The number of benzene rings is 2. The van der Waals surface area contributed by atoms with Crippen molar-refractivity contribution in [2.45, 2.75) is 18.9 Å². The van der Waals surface area contributed by atoms with Crippen molar-refractivity contribution in [3.05, 3.63) is 76.8 Å². The molecule has 4 rings (SSSR count). The third kappa shape index (κ3) is 3.12. The minimum absolute atomic E-state index is 0.0817. The van der Waals surface area contributed by atoms with E-state index in [0.717, 1.165) is 18.4 Å². The predicted molar refractivity (Wildman–Crippen MR) is 96.9 cm³/mol. The summed E-state index contributed by atoms with van der Waals surface area (Å²) in [5, 5.41) is 2.16. The number of carbonyl (C=O) groups is 1. The van der Waals surface area contributed by atoms with Gasteiger partial charge in [-0.15, -0.1) is 11.3 Å². The summed E-state index contributed by atoms with van der Waals surface area (Å²) in [5.74, 6) is -0.819. The maximum absolute atomic E-state index is 13.9. The van der Waals surface area contributed by atoms with Gasteiger partial charge in [0.25, 0.3) is 5.91 Å². The van der Waals surface area contributed by atoms with Gasteiger partial charge in [-0.3, -0.25) is 4.79 Å². The summed E-state index contributed by atoms with van der Waals surface area (Å²) in [5.41, 5.74) is 1.64. The Morgan fingerprint density at radius 3 is 2.65 bits per heavy atom. The van der Waals surface area contributed by atoms with E-state index in [1.807, 2.05) is 0 Å². The highest BCUT2D eigenvalue weighted by molar-refractivity contribution is 7.13. The van der Waals surface area contributed by atoms with E-state index < -0.39 is 0 Å². The Morgan fingerprint density at radius 1 is 1.12 bits per heavy atom. The number of rotatable bonds is 3. The third-order valence-electron chi connectivity index (χ3n) is 4.60. The molecule has 0 bridgehead atoms. The molecule has 26 heavy (non-hydrogen) atoms. The number of thiazole rings is 1. The molecule has 0 N–H and O–H groups in total. The first kappa shape index (κ1) is 16.8. The fourth-order valence-electron chi connectivity index (χ4n) is 3.32. The quantitative estimate of drug-likeness (QED) is 0.645.